The maximum atomic E-state index is 13.1. The maximum Gasteiger partial charge on any atom is 0.243 e. The number of Topliss-reactive ketones (excluding diaryl/α,β-unsaturated/α-hetero) is 1. The van der Waals surface area contributed by atoms with E-state index < -0.39 is 16.1 Å². The molecule has 0 aromatic heterocycles. The number of sulfonamides is 1. The van der Waals surface area contributed by atoms with Crippen molar-refractivity contribution < 1.29 is 17.9 Å². The van der Waals surface area contributed by atoms with Gasteiger partial charge in [0, 0.05) is 6.42 Å². The first-order valence-corrected chi connectivity index (χ1v) is 10.6. The van der Waals surface area contributed by atoms with Gasteiger partial charge in [-0.3, -0.25) is 4.79 Å². The van der Waals surface area contributed by atoms with E-state index in [1.807, 2.05) is 44.2 Å². The summed E-state index contributed by atoms with van der Waals surface area (Å²) in [5, 5.41) is 0. The lowest BCUT2D eigenvalue weighted by atomic mass is 10.1. The monoisotopic (exact) mass is 387 g/mol. The largest absolute Gasteiger partial charge is 0.372 e. The fourth-order valence-electron chi connectivity index (χ4n) is 3.39. The van der Waals surface area contributed by atoms with Gasteiger partial charge in [0.2, 0.25) is 10.0 Å². The number of ether oxygens (including phenoxy) is 1. The highest BCUT2D eigenvalue weighted by Gasteiger charge is 2.43. The van der Waals surface area contributed by atoms with Gasteiger partial charge in [0.15, 0.2) is 0 Å². The zero-order valence-corrected chi connectivity index (χ0v) is 16.5. The van der Waals surface area contributed by atoms with Gasteiger partial charge in [-0.25, -0.2) is 8.42 Å². The van der Waals surface area contributed by atoms with Crippen LogP contribution in [0, 0.1) is 6.92 Å². The minimum absolute atomic E-state index is 0.0718. The third kappa shape index (κ3) is 4.46. The number of ketones is 1. The molecule has 144 valence electrons. The topological polar surface area (TPSA) is 63.7 Å². The Morgan fingerprint density at radius 2 is 1.78 bits per heavy atom. The molecule has 27 heavy (non-hydrogen) atoms. The summed E-state index contributed by atoms with van der Waals surface area (Å²) in [6, 6.07) is 16.0. The van der Waals surface area contributed by atoms with E-state index in [1.54, 1.807) is 24.3 Å². The van der Waals surface area contributed by atoms with Gasteiger partial charge in [-0.15, -0.1) is 0 Å². The van der Waals surface area contributed by atoms with Crippen LogP contribution < -0.4 is 0 Å². The van der Waals surface area contributed by atoms with Gasteiger partial charge in [0.1, 0.15) is 5.78 Å². The number of aryl methyl sites for hydroxylation is 1. The number of carbonyl (C=O) groups excluding carboxylic acids is 1. The van der Waals surface area contributed by atoms with Crippen LogP contribution >= 0.6 is 0 Å². The average molecular weight is 388 g/mol. The van der Waals surface area contributed by atoms with Crippen LogP contribution in [0.2, 0.25) is 0 Å². The Hall–Kier alpha value is -2.02. The summed E-state index contributed by atoms with van der Waals surface area (Å²) in [7, 11) is -3.74. The van der Waals surface area contributed by atoms with Crippen LogP contribution in [0.15, 0.2) is 59.5 Å². The molecule has 1 heterocycles. The summed E-state index contributed by atoms with van der Waals surface area (Å²) in [4.78, 5) is 12.3. The second-order valence-electron chi connectivity index (χ2n) is 6.92. The molecule has 0 spiro atoms. The molecule has 1 unspecified atom stereocenters. The lowest BCUT2D eigenvalue weighted by molar-refractivity contribution is -0.116. The molecule has 2 aromatic carbocycles. The summed E-state index contributed by atoms with van der Waals surface area (Å²) in [6.07, 6.45) is 0.486. The molecule has 3 rings (SSSR count). The zero-order valence-electron chi connectivity index (χ0n) is 15.7. The number of hydrogen-bond acceptors (Lipinski definition) is 4. The van der Waals surface area contributed by atoms with Crippen LogP contribution in [0.5, 0.6) is 0 Å². The molecule has 6 heteroatoms. The van der Waals surface area contributed by atoms with Crippen molar-refractivity contribution in [2.75, 3.05) is 6.54 Å². The Balaban J connectivity index is 1.81. The first-order chi connectivity index (χ1) is 12.9. The van der Waals surface area contributed by atoms with Gasteiger partial charge >= 0.3 is 0 Å². The van der Waals surface area contributed by atoms with Crippen molar-refractivity contribution in [3.05, 3.63) is 65.7 Å². The third-order valence-corrected chi connectivity index (χ3v) is 6.79. The molecule has 0 amide bonds. The predicted octanol–water partition coefficient (Wildman–Crippen LogP) is 3.32. The molecule has 0 bridgehead atoms. The van der Waals surface area contributed by atoms with Crippen molar-refractivity contribution in [2.45, 2.75) is 50.3 Å². The van der Waals surface area contributed by atoms with Crippen molar-refractivity contribution >= 4 is 15.8 Å². The predicted molar refractivity (Wildman–Crippen MR) is 104 cm³/mol. The molecule has 5 nitrogen and oxygen atoms in total. The second kappa shape index (κ2) is 8.33. The van der Waals surface area contributed by atoms with Gasteiger partial charge in [0.25, 0.3) is 0 Å². The molecule has 0 aliphatic carbocycles. The first kappa shape index (κ1) is 19.7. The molecule has 1 fully saturated rings. The lowest BCUT2D eigenvalue weighted by Gasteiger charge is -2.30. The molecule has 1 saturated heterocycles. The number of rotatable bonds is 7. The van der Waals surface area contributed by atoms with E-state index in [0.717, 1.165) is 11.1 Å². The average Bonchev–Trinajstić information content (AvgIpc) is 3.06. The summed E-state index contributed by atoms with van der Waals surface area (Å²) in [6.45, 7) is 4.16. The molecule has 0 N–H and O–H groups in total. The molecule has 1 aliphatic rings. The molecule has 2 atom stereocenters. The fraction of sp³-hybridized carbons (Fsp3) is 0.381. The van der Waals surface area contributed by atoms with E-state index in [1.165, 1.54) is 4.31 Å². The number of benzene rings is 2. The Morgan fingerprint density at radius 3 is 2.41 bits per heavy atom. The first-order valence-electron chi connectivity index (χ1n) is 9.17. The highest BCUT2D eigenvalue weighted by molar-refractivity contribution is 7.89. The highest BCUT2D eigenvalue weighted by atomic mass is 32.2. The molecular formula is C21H25NO4S. The van der Waals surface area contributed by atoms with E-state index in [4.69, 9.17) is 4.74 Å². The van der Waals surface area contributed by atoms with Gasteiger partial charge in [-0.2, -0.15) is 4.31 Å². The molecule has 0 saturated carbocycles. The van der Waals surface area contributed by atoms with E-state index in [0.29, 0.717) is 13.0 Å². The van der Waals surface area contributed by atoms with E-state index in [-0.39, 0.29) is 29.7 Å². The van der Waals surface area contributed by atoms with Crippen molar-refractivity contribution in [3.63, 3.8) is 0 Å². The Bertz CT molecular complexity index is 878. The normalized spacial score (nSPS) is 19.3. The minimum atomic E-state index is -3.74. The van der Waals surface area contributed by atoms with Crippen LogP contribution in [-0.2, 0) is 26.2 Å². The van der Waals surface area contributed by atoms with Crippen LogP contribution in [-0.4, -0.2) is 37.2 Å². The van der Waals surface area contributed by atoms with Gasteiger partial charge < -0.3 is 4.74 Å². The zero-order chi connectivity index (χ0) is 19.4. The Morgan fingerprint density at radius 1 is 1.11 bits per heavy atom. The van der Waals surface area contributed by atoms with Crippen molar-refractivity contribution in [1.29, 1.82) is 0 Å². The maximum absolute atomic E-state index is 13.1. The van der Waals surface area contributed by atoms with Crippen molar-refractivity contribution in [3.8, 4) is 0 Å². The van der Waals surface area contributed by atoms with E-state index in [2.05, 4.69) is 0 Å². The Labute approximate surface area is 161 Å². The van der Waals surface area contributed by atoms with Gasteiger partial charge in [-0.1, -0.05) is 55.0 Å². The van der Waals surface area contributed by atoms with Crippen LogP contribution in [0.1, 0.15) is 30.9 Å². The highest BCUT2D eigenvalue weighted by Crippen LogP contribution is 2.29. The molecule has 2 aromatic rings. The van der Waals surface area contributed by atoms with Gasteiger partial charge in [0.05, 0.1) is 30.2 Å². The second-order valence-corrected chi connectivity index (χ2v) is 8.81. The summed E-state index contributed by atoms with van der Waals surface area (Å²) < 4.78 is 33.6. The standard InChI is InChI=1S/C21H25NO4S/c1-3-21(26-15-17-7-5-4-6-8-17)20-13-18(23)14-22(20)27(24,25)19-11-9-16(2)10-12-19/h4-12,20-21H,3,13-15H2,1-2H3/t20?,21-/m1/s1. The van der Waals surface area contributed by atoms with Crippen LogP contribution in [0.4, 0.5) is 0 Å². The molecule has 1 aliphatic heterocycles. The van der Waals surface area contributed by atoms with Gasteiger partial charge in [-0.05, 0) is 31.0 Å². The summed E-state index contributed by atoms with van der Waals surface area (Å²) in [5.74, 6) is -0.0718. The molecule has 0 radical (unpaired) electrons. The number of carbonyl (C=O) groups is 1. The number of nitrogens with zero attached hydrogens (tertiary/aromatic N) is 1. The van der Waals surface area contributed by atoms with E-state index in [9.17, 15) is 13.2 Å². The minimum Gasteiger partial charge on any atom is -0.372 e. The third-order valence-electron chi connectivity index (χ3n) is 4.90. The molecular weight excluding hydrogens is 362 g/mol. The van der Waals surface area contributed by atoms with Crippen molar-refractivity contribution in [1.82, 2.24) is 4.31 Å². The number of hydrogen-bond donors (Lipinski definition) is 0. The summed E-state index contributed by atoms with van der Waals surface area (Å²) in [5.41, 5.74) is 2.01. The van der Waals surface area contributed by atoms with E-state index >= 15 is 0 Å². The SMILES string of the molecule is CC[C@@H](OCc1ccccc1)C1CC(=O)CN1S(=O)(=O)c1ccc(C)cc1. The van der Waals surface area contributed by atoms with Crippen LogP contribution in [0.25, 0.3) is 0 Å². The fourth-order valence-corrected chi connectivity index (χ4v) is 5.03. The quantitative estimate of drug-likeness (QED) is 0.731. The van der Waals surface area contributed by atoms with Crippen molar-refractivity contribution in [2.24, 2.45) is 0 Å². The lowest BCUT2D eigenvalue weighted by Crippen LogP contribution is -2.43. The Kier molecular flexibility index (Phi) is 6.09. The van der Waals surface area contributed by atoms with Crippen LogP contribution in [0.3, 0.4) is 0 Å². The summed E-state index contributed by atoms with van der Waals surface area (Å²) >= 11 is 0. The smallest absolute Gasteiger partial charge is 0.243 e.